The third-order valence-electron chi connectivity index (χ3n) is 2.38. The molecule has 1 aromatic heterocycles. The number of nitrogen functional groups attached to an aromatic ring is 1. The average Bonchev–Trinajstić information content (AvgIpc) is 2.27. The van der Waals surface area contributed by atoms with Gasteiger partial charge in [-0.05, 0) is 12.8 Å². The highest BCUT2D eigenvalue weighted by Crippen LogP contribution is 2.27. The summed E-state index contributed by atoms with van der Waals surface area (Å²) in [5, 5.41) is 2.94. The second kappa shape index (κ2) is 5.44. The molecule has 6 N–H and O–H groups in total. The average molecular weight is 238 g/mol. The number of nitrogens with zero attached hydrogens (tertiary/aromatic N) is 2. The molecule has 1 heterocycles. The topological polar surface area (TPSA) is 119 Å². The van der Waals surface area contributed by atoms with Gasteiger partial charge in [0.25, 0.3) is 0 Å². The molecular formula is C10H18N6O. The van der Waals surface area contributed by atoms with Crippen LogP contribution in [0.1, 0.15) is 32.3 Å². The number of hydrogen-bond acceptors (Lipinski definition) is 6. The van der Waals surface area contributed by atoms with Gasteiger partial charge in [-0.15, -0.1) is 0 Å². The first-order valence-corrected chi connectivity index (χ1v) is 5.34. The van der Waals surface area contributed by atoms with Gasteiger partial charge in [-0.1, -0.05) is 13.8 Å². The minimum atomic E-state index is -0.506. The molecule has 1 unspecified atom stereocenters. The van der Waals surface area contributed by atoms with Gasteiger partial charge in [0.2, 0.25) is 5.91 Å². The van der Waals surface area contributed by atoms with E-state index in [9.17, 15) is 4.79 Å². The zero-order valence-electron chi connectivity index (χ0n) is 10.2. The lowest BCUT2D eigenvalue weighted by atomic mass is 10.0. The van der Waals surface area contributed by atoms with Crippen molar-refractivity contribution in [1.29, 1.82) is 0 Å². The standard InChI is InChI=1S/C10H18N6O/c1-5(2)7-9(15-6(3)8(11)17)13-4-14-10(7)16-12/h4-6H,12H2,1-3H3,(H2,11,17)(H2,13,14,15,16). The molecule has 0 saturated heterocycles. The molecule has 7 nitrogen and oxygen atoms in total. The van der Waals surface area contributed by atoms with Gasteiger partial charge in [-0.25, -0.2) is 15.8 Å². The Kier molecular flexibility index (Phi) is 4.22. The number of rotatable bonds is 5. The number of nitrogens with one attached hydrogen (secondary N) is 2. The van der Waals surface area contributed by atoms with Crippen LogP contribution in [0.25, 0.3) is 0 Å². The van der Waals surface area contributed by atoms with E-state index in [0.717, 1.165) is 5.56 Å². The molecule has 1 atom stereocenters. The van der Waals surface area contributed by atoms with E-state index in [2.05, 4.69) is 20.7 Å². The molecule has 0 aliphatic carbocycles. The van der Waals surface area contributed by atoms with Crippen molar-refractivity contribution in [2.75, 3.05) is 10.7 Å². The number of aromatic nitrogens is 2. The second-order valence-electron chi connectivity index (χ2n) is 4.05. The number of carbonyl (C=O) groups excluding carboxylic acids is 1. The van der Waals surface area contributed by atoms with Crippen LogP contribution in [0.2, 0.25) is 0 Å². The molecule has 1 amide bonds. The summed E-state index contributed by atoms with van der Waals surface area (Å²) in [6, 6.07) is -0.506. The zero-order valence-corrected chi connectivity index (χ0v) is 10.2. The summed E-state index contributed by atoms with van der Waals surface area (Å²) in [6.45, 7) is 5.64. The molecule has 1 rings (SSSR count). The molecule has 0 bridgehead atoms. The van der Waals surface area contributed by atoms with Crippen LogP contribution in [0.15, 0.2) is 6.33 Å². The van der Waals surface area contributed by atoms with Gasteiger partial charge >= 0.3 is 0 Å². The first-order valence-electron chi connectivity index (χ1n) is 5.34. The zero-order chi connectivity index (χ0) is 13.0. The minimum Gasteiger partial charge on any atom is -0.368 e. The van der Waals surface area contributed by atoms with Gasteiger partial charge in [-0.2, -0.15) is 0 Å². The molecule has 0 radical (unpaired) electrons. The number of nitrogens with two attached hydrogens (primary N) is 2. The van der Waals surface area contributed by atoms with Crippen molar-refractivity contribution in [3.05, 3.63) is 11.9 Å². The van der Waals surface area contributed by atoms with E-state index in [1.165, 1.54) is 6.33 Å². The van der Waals surface area contributed by atoms with Crippen LogP contribution in [0.5, 0.6) is 0 Å². The molecule has 0 spiro atoms. The van der Waals surface area contributed by atoms with Crippen LogP contribution < -0.4 is 22.3 Å². The summed E-state index contributed by atoms with van der Waals surface area (Å²) >= 11 is 0. The molecule has 7 heteroatoms. The van der Waals surface area contributed by atoms with Crippen LogP contribution in [0.3, 0.4) is 0 Å². The first kappa shape index (κ1) is 13.2. The predicted octanol–water partition coefficient (Wildman–Crippen LogP) is 0.171. The lowest BCUT2D eigenvalue weighted by molar-refractivity contribution is -0.118. The van der Waals surface area contributed by atoms with Crippen molar-refractivity contribution < 1.29 is 4.79 Å². The van der Waals surface area contributed by atoms with Crippen LogP contribution in [-0.4, -0.2) is 21.9 Å². The largest absolute Gasteiger partial charge is 0.368 e. The summed E-state index contributed by atoms with van der Waals surface area (Å²) in [7, 11) is 0. The highest BCUT2D eigenvalue weighted by atomic mass is 16.1. The van der Waals surface area contributed by atoms with Crippen LogP contribution in [0.4, 0.5) is 11.6 Å². The molecule has 0 aromatic carbocycles. The van der Waals surface area contributed by atoms with Crippen LogP contribution >= 0.6 is 0 Å². The van der Waals surface area contributed by atoms with E-state index >= 15 is 0 Å². The lowest BCUT2D eigenvalue weighted by Gasteiger charge is -2.18. The van der Waals surface area contributed by atoms with Crippen molar-refractivity contribution in [3.8, 4) is 0 Å². The molecular weight excluding hydrogens is 220 g/mol. The van der Waals surface area contributed by atoms with Crippen molar-refractivity contribution in [2.45, 2.75) is 32.7 Å². The number of amides is 1. The lowest BCUT2D eigenvalue weighted by Crippen LogP contribution is -2.33. The Morgan fingerprint density at radius 1 is 1.29 bits per heavy atom. The Bertz CT molecular complexity index is 406. The summed E-state index contributed by atoms with van der Waals surface area (Å²) in [5.41, 5.74) is 8.53. The van der Waals surface area contributed by atoms with Crippen molar-refractivity contribution >= 4 is 17.5 Å². The van der Waals surface area contributed by atoms with Crippen molar-refractivity contribution in [2.24, 2.45) is 11.6 Å². The number of carbonyl (C=O) groups is 1. The molecule has 0 aliphatic heterocycles. The highest BCUT2D eigenvalue weighted by Gasteiger charge is 2.17. The SMILES string of the molecule is CC(Nc1ncnc(NN)c1C(C)C)C(N)=O. The number of primary amides is 1. The number of anilines is 2. The molecule has 17 heavy (non-hydrogen) atoms. The minimum absolute atomic E-state index is 0.157. The summed E-state index contributed by atoms with van der Waals surface area (Å²) < 4.78 is 0. The third-order valence-corrected chi connectivity index (χ3v) is 2.38. The summed E-state index contributed by atoms with van der Waals surface area (Å²) in [5.74, 6) is 6.20. The fraction of sp³-hybridized carbons (Fsp3) is 0.500. The molecule has 1 aromatic rings. The van der Waals surface area contributed by atoms with Gasteiger partial charge in [0, 0.05) is 5.56 Å². The third kappa shape index (κ3) is 3.04. The smallest absolute Gasteiger partial charge is 0.239 e. The van der Waals surface area contributed by atoms with Gasteiger partial charge in [0.05, 0.1) is 0 Å². The van der Waals surface area contributed by atoms with E-state index in [1.807, 2.05) is 13.8 Å². The fourth-order valence-corrected chi connectivity index (χ4v) is 1.45. The van der Waals surface area contributed by atoms with E-state index in [4.69, 9.17) is 11.6 Å². The summed E-state index contributed by atoms with van der Waals surface area (Å²) in [6.07, 6.45) is 1.37. The van der Waals surface area contributed by atoms with Crippen molar-refractivity contribution in [3.63, 3.8) is 0 Å². The predicted molar refractivity (Wildman–Crippen MR) is 66.2 cm³/mol. The highest BCUT2D eigenvalue weighted by molar-refractivity contribution is 5.82. The Labute approximate surface area is 100.0 Å². The summed E-state index contributed by atoms with van der Waals surface area (Å²) in [4.78, 5) is 19.1. The molecule has 94 valence electrons. The van der Waals surface area contributed by atoms with Crippen molar-refractivity contribution in [1.82, 2.24) is 9.97 Å². The van der Waals surface area contributed by atoms with Gasteiger partial charge in [-0.3, -0.25) is 4.79 Å². The fourth-order valence-electron chi connectivity index (χ4n) is 1.45. The van der Waals surface area contributed by atoms with Gasteiger partial charge in [0.15, 0.2) is 0 Å². The van der Waals surface area contributed by atoms with Gasteiger partial charge < -0.3 is 16.5 Å². The second-order valence-corrected chi connectivity index (χ2v) is 4.05. The molecule has 0 aliphatic rings. The van der Waals surface area contributed by atoms with E-state index in [0.29, 0.717) is 11.6 Å². The Morgan fingerprint density at radius 2 is 1.88 bits per heavy atom. The monoisotopic (exact) mass is 238 g/mol. The number of hydrogen-bond donors (Lipinski definition) is 4. The molecule has 0 fully saturated rings. The maximum Gasteiger partial charge on any atom is 0.239 e. The van der Waals surface area contributed by atoms with Gasteiger partial charge in [0.1, 0.15) is 24.0 Å². The van der Waals surface area contributed by atoms with Crippen LogP contribution in [-0.2, 0) is 4.79 Å². The molecule has 0 saturated carbocycles. The van der Waals surface area contributed by atoms with E-state index in [1.54, 1.807) is 6.92 Å². The van der Waals surface area contributed by atoms with E-state index in [-0.39, 0.29) is 5.92 Å². The number of hydrazine groups is 1. The quantitative estimate of drug-likeness (QED) is 0.429. The first-order chi connectivity index (χ1) is 7.97. The van der Waals surface area contributed by atoms with E-state index < -0.39 is 11.9 Å². The maximum absolute atomic E-state index is 11.0. The Morgan fingerprint density at radius 3 is 2.35 bits per heavy atom. The Balaban J connectivity index is 3.10. The normalized spacial score (nSPS) is 12.3. The van der Waals surface area contributed by atoms with Crippen LogP contribution in [0, 0.1) is 0 Å². The maximum atomic E-state index is 11.0. The Hall–Kier alpha value is -1.89.